The average Bonchev–Trinajstić information content (AvgIpc) is 3.14. The highest BCUT2D eigenvalue weighted by atomic mass is 35.5. The van der Waals surface area contributed by atoms with Gasteiger partial charge in [0.2, 0.25) is 5.82 Å². The van der Waals surface area contributed by atoms with E-state index in [1.807, 2.05) is 27.0 Å². The minimum Gasteiger partial charge on any atom is -0.333 e. The zero-order valence-electron chi connectivity index (χ0n) is 13.8. The van der Waals surface area contributed by atoms with Gasteiger partial charge in [-0.15, -0.1) is 12.4 Å². The van der Waals surface area contributed by atoms with Gasteiger partial charge in [-0.25, -0.2) is 0 Å². The fourth-order valence-electron chi connectivity index (χ4n) is 3.16. The van der Waals surface area contributed by atoms with Gasteiger partial charge < -0.3 is 9.84 Å². The second-order valence-corrected chi connectivity index (χ2v) is 5.88. The number of H-pyrrole nitrogens is 1. The van der Waals surface area contributed by atoms with Crippen LogP contribution in [0.3, 0.4) is 0 Å². The largest absolute Gasteiger partial charge is 0.333 e. The maximum absolute atomic E-state index is 5.51. The molecular formula is C16H19ClN6O. The summed E-state index contributed by atoms with van der Waals surface area (Å²) in [5.74, 6) is 1.10. The summed E-state index contributed by atoms with van der Waals surface area (Å²) in [6.45, 7) is 7.64. The summed E-state index contributed by atoms with van der Waals surface area (Å²) in [4.78, 5) is 9.11. The first-order valence-electron chi connectivity index (χ1n) is 7.69. The molecule has 0 bridgehead atoms. The average molecular weight is 347 g/mol. The van der Waals surface area contributed by atoms with Crippen molar-refractivity contribution in [3.63, 3.8) is 0 Å². The van der Waals surface area contributed by atoms with Crippen LogP contribution in [0.2, 0.25) is 0 Å². The monoisotopic (exact) mass is 346 g/mol. The van der Waals surface area contributed by atoms with Gasteiger partial charge in [0, 0.05) is 29.7 Å². The first-order chi connectivity index (χ1) is 11.1. The molecule has 0 spiro atoms. The van der Waals surface area contributed by atoms with Gasteiger partial charge >= 0.3 is 0 Å². The second kappa shape index (κ2) is 6.33. The topological polar surface area (TPSA) is 92.5 Å². The number of halogens is 1. The maximum Gasteiger partial charge on any atom is 0.261 e. The van der Waals surface area contributed by atoms with Crippen LogP contribution in [0.1, 0.15) is 28.2 Å². The summed E-state index contributed by atoms with van der Waals surface area (Å²) in [6.07, 6.45) is 2.88. The van der Waals surface area contributed by atoms with Crippen molar-refractivity contribution in [1.29, 1.82) is 0 Å². The molecule has 3 aromatic rings. The minimum atomic E-state index is 0. The molecule has 1 aliphatic rings. The Morgan fingerprint density at radius 3 is 2.71 bits per heavy atom. The molecule has 7 nitrogen and oxygen atoms in total. The summed E-state index contributed by atoms with van der Waals surface area (Å²) in [7, 11) is 0. The molecular weight excluding hydrogens is 328 g/mol. The number of fused-ring (bicyclic) bond motifs is 1. The molecule has 24 heavy (non-hydrogen) atoms. The van der Waals surface area contributed by atoms with E-state index in [1.54, 1.807) is 0 Å². The third-order valence-corrected chi connectivity index (χ3v) is 4.32. The summed E-state index contributed by atoms with van der Waals surface area (Å²) < 4.78 is 5.51. The molecule has 0 aliphatic carbocycles. The van der Waals surface area contributed by atoms with E-state index in [2.05, 4.69) is 30.6 Å². The van der Waals surface area contributed by atoms with Crippen molar-refractivity contribution in [2.45, 2.75) is 33.7 Å². The number of hydrogen-bond donors (Lipinski definition) is 2. The van der Waals surface area contributed by atoms with Gasteiger partial charge in [-0.3, -0.25) is 10.1 Å². The van der Waals surface area contributed by atoms with Crippen LogP contribution in [-0.4, -0.2) is 31.9 Å². The van der Waals surface area contributed by atoms with Gasteiger partial charge in [0.15, 0.2) is 0 Å². The number of aromatic amines is 1. The van der Waals surface area contributed by atoms with E-state index >= 15 is 0 Å². The lowest BCUT2D eigenvalue weighted by Crippen LogP contribution is -2.24. The number of nitrogens with one attached hydrogen (secondary N) is 2. The molecule has 4 rings (SSSR count). The fraction of sp³-hybridized carbons (Fsp3) is 0.375. The van der Waals surface area contributed by atoms with Crippen LogP contribution < -0.4 is 5.32 Å². The molecule has 0 radical (unpaired) electrons. The Morgan fingerprint density at radius 1 is 1.12 bits per heavy atom. The molecule has 0 fully saturated rings. The third-order valence-electron chi connectivity index (χ3n) is 4.32. The molecule has 0 saturated carbocycles. The number of aromatic nitrogens is 5. The van der Waals surface area contributed by atoms with Crippen molar-refractivity contribution in [3.05, 3.63) is 34.4 Å². The van der Waals surface area contributed by atoms with E-state index in [-0.39, 0.29) is 12.4 Å². The van der Waals surface area contributed by atoms with Crippen LogP contribution in [0.15, 0.2) is 10.7 Å². The molecule has 4 heterocycles. The van der Waals surface area contributed by atoms with E-state index in [9.17, 15) is 0 Å². The standard InChI is InChI=1S/C16H18N6O.ClH/c1-8-14(12-4-5-17-6-11(12)7-18-8)15-19-16(23-22-15)13-9(2)20-21-10(13)3;/h7,17H,4-6H2,1-3H3,(H,20,21);1H. The smallest absolute Gasteiger partial charge is 0.261 e. The Balaban J connectivity index is 0.00000169. The summed E-state index contributed by atoms with van der Waals surface area (Å²) in [5.41, 5.74) is 7.05. The van der Waals surface area contributed by atoms with Crippen molar-refractivity contribution in [1.82, 2.24) is 30.6 Å². The first kappa shape index (κ1) is 16.6. The van der Waals surface area contributed by atoms with Crippen molar-refractivity contribution >= 4 is 12.4 Å². The predicted molar refractivity (Wildman–Crippen MR) is 92.0 cm³/mol. The van der Waals surface area contributed by atoms with Crippen molar-refractivity contribution < 1.29 is 4.52 Å². The Labute approximate surface area is 145 Å². The lowest BCUT2D eigenvalue weighted by molar-refractivity contribution is 0.431. The Morgan fingerprint density at radius 2 is 1.96 bits per heavy atom. The zero-order chi connectivity index (χ0) is 16.0. The molecule has 8 heteroatoms. The molecule has 1 aliphatic heterocycles. The number of pyridine rings is 1. The van der Waals surface area contributed by atoms with Crippen LogP contribution >= 0.6 is 12.4 Å². The van der Waals surface area contributed by atoms with Gasteiger partial charge in [0.25, 0.3) is 5.89 Å². The first-order valence-corrected chi connectivity index (χ1v) is 7.69. The van der Waals surface area contributed by atoms with Crippen LogP contribution in [0, 0.1) is 20.8 Å². The fourth-order valence-corrected chi connectivity index (χ4v) is 3.16. The number of aryl methyl sites for hydroxylation is 3. The van der Waals surface area contributed by atoms with Crippen LogP contribution in [-0.2, 0) is 13.0 Å². The Hall–Kier alpha value is -2.25. The molecule has 0 amide bonds. The van der Waals surface area contributed by atoms with E-state index in [0.29, 0.717) is 11.7 Å². The molecule has 0 unspecified atom stereocenters. The van der Waals surface area contributed by atoms with Crippen molar-refractivity contribution in [2.75, 3.05) is 6.54 Å². The molecule has 0 atom stereocenters. The summed E-state index contributed by atoms with van der Waals surface area (Å²) >= 11 is 0. The third kappa shape index (κ3) is 2.59. The van der Waals surface area contributed by atoms with Gasteiger partial charge in [-0.1, -0.05) is 5.16 Å². The van der Waals surface area contributed by atoms with Crippen LogP contribution in [0.25, 0.3) is 22.8 Å². The van der Waals surface area contributed by atoms with E-state index in [4.69, 9.17) is 4.52 Å². The highest BCUT2D eigenvalue weighted by molar-refractivity contribution is 5.85. The molecule has 0 aromatic carbocycles. The quantitative estimate of drug-likeness (QED) is 0.740. The number of hydrogen-bond acceptors (Lipinski definition) is 6. The SMILES string of the molecule is Cc1n[nH]c(C)c1-c1nc(-c2c(C)ncc3c2CCNC3)no1.Cl. The van der Waals surface area contributed by atoms with Gasteiger partial charge in [0.05, 0.1) is 11.3 Å². The van der Waals surface area contributed by atoms with E-state index in [0.717, 1.165) is 47.7 Å². The highest BCUT2D eigenvalue weighted by Crippen LogP contribution is 2.31. The van der Waals surface area contributed by atoms with Gasteiger partial charge in [-0.2, -0.15) is 10.1 Å². The predicted octanol–water partition coefficient (Wildman–Crippen LogP) is 2.51. The lowest BCUT2D eigenvalue weighted by atomic mass is 9.95. The molecule has 0 saturated heterocycles. The minimum absolute atomic E-state index is 0. The van der Waals surface area contributed by atoms with Crippen LogP contribution in [0.5, 0.6) is 0 Å². The summed E-state index contributed by atoms with van der Waals surface area (Å²) in [5, 5.41) is 14.7. The summed E-state index contributed by atoms with van der Waals surface area (Å²) in [6, 6.07) is 0. The van der Waals surface area contributed by atoms with E-state index < -0.39 is 0 Å². The molecule has 2 N–H and O–H groups in total. The number of rotatable bonds is 2. The highest BCUT2D eigenvalue weighted by Gasteiger charge is 2.23. The van der Waals surface area contributed by atoms with Gasteiger partial charge in [-0.05, 0) is 44.9 Å². The molecule has 126 valence electrons. The van der Waals surface area contributed by atoms with Gasteiger partial charge in [0.1, 0.15) is 0 Å². The van der Waals surface area contributed by atoms with Crippen molar-refractivity contribution in [2.24, 2.45) is 0 Å². The normalized spacial score (nSPS) is 13.5. The Kier molecular flexibility index (Phi) is 4.38. The Bertz CT molecular complexity index is 865. The lowest BCUT2D eigenvalue weighted by Gasteiger charge is -2.19. The second-order valence-electron chi connectivity index (χ2n) is 5.88. The van der Waals surface area contributed by atoms with Crippen LogP contribution in [0.4, 0.5) is 0 Å². The molecule has 3 aromatic heterocycles. The maximum atomic E-state index is 5.51. The van der Waals surface area contributed by atoms with E-state index in [1.165, 1.54) is 11.1 Å². The number of nitrogens with zero attached hydrogens (tertiary/aromatic N) is 4. The van der Waals surface area contributed by atoms with Crippen molar-refractivity contribution in [3.8, 4) is 22.8 Å². The zero-order valence-corrected chi connectivity index (χ0v) is 14.6.